The number of benzene rings is 2. The van der Waals surface area contributed by atoms with E-state index in [-0.39, 0.29) is 0 Å². The van der Waals surface area contributed by atoms with E-state index in [1.54, 1.807) is 0 Å². The molecule has 140 valence electrons. The minimum Gasteiger partial charge on any atom is -0.360 e. The maximum Gasteiger partial charge on any atom is 0.0762 e. The molecule has 2 aromatic carbocycles. The Morgan fingerprint density at radius 1 is 0.929 bits per heavy atom. The fourth-order valence-electron chi connectivity index (χ4n) is 3.78. The van der Waals surface area contributed by atoms with Crippen molar-refractivity contribution in [2.45, 2.75) is 33.6 Å². The van der Waals surface area contributed by atoms with Crippen molar-refractivity contribution >= 4 is 16.5 Å². The second kappa shape index (κ2) is 7.47. The van der Waals surface area contributed by atoms with E-state index in [0.717, 1.165) is 40.9 Å². The van der Waals surface area contributed by atoms with E-state index >= 15 is 0 Å². The number of fused-ring (bicyclic) bond motifs is 1. The number of nitrogens with one attached hydrogen (secondary N) is 1. The molecule has 0 fully saturated rings. The third kappa shape index (κ3) is 3.38. The monoisotopic (exact) mass is 366 g/mol. The lowest BCUT2D eigenvalue weighted by molar-refractivity contribution is 0.938. The van der Waals surface area contributed by atoms with E-state index in [4.69, 9.17) is 4.98 Å². The summed E-state index contributed by atoms with van der Waals surface area (Å²) in [5.41, 5.74) is 10.7. The van der Waals surface area contributed by atoms with Crippen LogP contribution in [0, 0.1) is 13.8 Å². The van der Waals surface area contributed by atoms with Crippen LogP contribution in [0.3, 0.4) is 0 Å². The molecule has 2 heterocycles. The Labute approximate surface area is 167 Å². The van der Waals surface area contributed by atoms with Crippen molar-refractivity contribution in [2.75, 3.05) is 0 Å². The number of aryl methyl sites for hydroxylation is 3. The topological polar surface area (TPSA) is 28.7 Å². The summed E-state index contributed by atoms with van der Waals surface area (Å²) in [4.78, 5) is 8.39. The second-order valence-corrected chi connectivity index (χ2v) is 7.59. The van der Waals surface area contributed by atoms with Crippen LogP contribution in [-0.2, 0) is 12.8 Å². The molecule has 2 nitrogen and oxygen atoms in total. The van der Waals surface area contributed by atoms with E-state index in [9.17, 15) is 0 Å². The van der Waals surface area contributed by atoms with Gasteiger partial charge in [0.2, 0.25) is 0 Å². The number of aromatic amines is 1. The number of hydrogen-bond donors (Lipinski definition) is 1. The Hall–Kier alpha value is -3.13. The van der Waals surface area contributed by atoms with Crippen LogP contribution in [0.4, 0.5) is 0 Å². The lowest BCUT2D eigenvalue weighted by atomic mass is 9.95. The van der Waals surface area contributed by atoms with Gasteiger partial charge in [0.05, 0.1) is 11.4 Å². The summed E-state index contributed by atoms with van der Waals surface area (Å²) in [6.45, 7) is 10.5. The highest BCUT2D eigenvalue weighted by Gasteiger charge is 2.14. The first-order chi connectivity index (χ1) is 13.5. The van der Waals surface area contributed by atoms with Crippen LogP contribution in [0.15, 0.2) is 67.4 Å². The Bertz CT molecular complexity index is 1160. The molecule has 0 bridgehead atoms. The highest BCUT2D eigenvalue weighted by atomic mass is 14.7. The molecule has 0 aliphatic heterocycles. The van der Waals surface area contributed by atoms with Gasteiger partial charge in [-0.25, -0.2) is 4.98 Å². The van der Waals surface area contributed by atoms with Gasteiger partial charge in [0.25, 0.3) is 0 Å². The van der Waals surface area contributed by atoms with Crippen LogP contribution in [0.25, 0.3) is 27.7 Å². The first-order valence-electron chi connectivity index (χ1n) is 9.82. The lowest BCUT2D eigenvalue weighted by Crippen LogP contribution is -2.00. The minimum absolute atomic E-state index is 0.954. The van der Waals surface area contributed by atoms with Crippen molar-refractivity contribution < 1.29 is 0 Å². The van der Waals surface area contributed by atoms with E-state index < -0.39 is 0 Å². The molecular formula is C26H26N2. The number of rotatable bonds is 5. The Morgan fingerprint density at radius 2 is 1.71 bits per heavy atom. The number of hydrogen-bond acceptors (Lipinski definition) is 1. The van der Waals surface area contributed by atoms with Crippen molar-refractivity contribution in [3.63, 3.8) is 0 Å². The number of aromatic nitrogens is 2. The zero-order valence-corrected chi connectivity index (χ0v) is 16.8. The quantitative estimate of drug-likeness (QED) is 0.420. The number of pyridine rings is 1. The Kier molecular flexibility index (Phi) is 4.87. The molecular weight excluding hydrogens is 340 g/mol. The zero-order chi connectivity index (χ0) is 19.7. The van der Waals surface area contributed by atoms with Gasteiger partial charge in [0, 0.05) is 22.7 Å². The van der Waals surface area contributed by atoms with Crippen LogP contribution >= 0.6 is 0 Å². The fraction of sp³-hybridized carbons (Fsp3) is 0.192. The molecule has 0 spiro atoms. The normalized spacial score (nSPS) is 11.1. The van der Waals surface area contributed by atoms with Crippen molar-refractivity contribution in [1.82, 2.24) is 9.97 Å². The van der Waals surface area contributed by atoms with Gasteiger partial charge in [-0.3, -0.25) is 0 Å². The van der Waals surface area contributed by atoms with E-state index in [0.29, 0.717) is 0 Å². The lowest BCUT2D eigenvalue weighted by Gasteiger charge is -2.13. The van der Waals surface area contributed by atoms with E-state index in [1.807, 2.05) is 6.92 Å². The van der Waals surface area contributed by atoms with E-state index in [1.165, 1.54) is 27.6 Å². The average Bonchev–Trinajstić information content (AvgIpc) is 3.13. The first kappa shape index (κ1) is 18.2. The number of para-hydroxylation sites is 1. The maximum absolute atomic E-state index is 5.00. The van der Waals surface area contributed by atoms with Gasteiger partial charge in [0.1, 0.15) is 0 Å². The molecule has 0 saturated heterocycles. The summed E-state index contributed by atoms with van der Waals surface area (Å²) in [5.74, 6) is 0. The molecule has 2 heteroatoms. The molecule has 0 saturated carbocycles. The molecule has 0 atom stereocenters. The minimum atomic E-state index is 0.954. The highest BCUT2D eigenvalue weighted by molar-refractivity contribution is 5.95. The summed E-state index contributed by atoms with van der Waals surface area (Å²) in [6.07, 6.45) is 4.05. The van der Waals surface area contributed by atoms with Crippen molar-refractivity contribution in [1.29, 1.82) is 0 Å². The number of allylic oxidation sites excluding steroid dienone is 1. The zero-order valence-electron chi connectivity index (χ0n) is 16.8. The highest BCUT2D eigenvalue weighted by Crippen LogP contribution is 2.31. The molecule has 0 aliphatic carbocycles. The maximum atomic E-state index is 5.00. The smallest absolute Gasteiger partial charge is 0.0762 e. The SMILES string of the molecule is C=C(C)c1ccc(CCc2cccc(C)c2C)c(-c2c[nH]c3ccccc23)n1. The molecule has 0 radical (unpaired) electrons. The van der Waals surface area contributed by atoms with Crippen LogP contribution in [0.1, 0.15) is 34.9 Å². The Balaban J connectivity index is 1.77. The summed E-state index contributed by atoms with van der Waals surface area (Å²) in [5, 5.41) is 1.21. The molecule has 2 aromatic heterocycles. The summed E-state index contributed by atoms with van der Waals surface area (Å²) < 4.78 is 0. The van der Waals surface area contributed by atoms with Crippen molar-refractivity contribution in [3.05, 3.63) is 95.3 Å². The summed E-state index contributed by atoms with van der Waals surface area (Å²) in [6, 6.07) is 19.3. The molecule has 1 N–H and O–H groups in total. The fourth-order valence-corrected chi connectivity index (χ4v) is 3.78. The molecule has 28 heavy (non-hydrogen) atoms. The third-order valence-electron chi connectivity index (χ3n) is 5.64. The second-order valence-electron chi connectivity index (χ2n) is 7.59. The van der Waals surface area contributed by atoms with Gasteiger partial charge >= 0.3 is 0 Å². The number of nitrogens with zero attached hydrogens (tertiary/aromatic N) is 1. The predicted octanol–water partition coefficient (Wildman–Crippen LogP) is 6.67. The predicted molar refractivity (Wildman–Crippen MR) is 120 cm³/mol. The summed E-state index contributed by atoms with van der Waals surface area (Å²) >= 11 is 0. The Morgan fingerprint density at radius 3 is 2.54 bits per heavy atom. The van der Waals surface area contributed by atoms with Crippen LogP contribution in [0.2, 0.25) is 0 Å². The molecule has 4 rings (SSSR count). The molecule has 4 aromatic rings. The third-order valence-corrected chi connectivity index (χ3v) is 5.64. The number of H-pyrrole nitrogens is 1. The van der Waals surface area contributed by atoms with Gasteiger partial charge in [-0.15, -0.1) is 0 Å². The first-order valence-corrected chi connectivity index (χ1v) is 9.82. The standard InChI is InChI=1S/C26H26N2/c1-17(2)24-15-14-21(13-12-20-9-7-8-18(3)19(20)4)26(28-24)23-16-27-25-11-6-5-10-22(23)25/h5-11,14-16,27H,1,12-13H2,2-4H3. The average molecular weight is 367 g/mol. The van der Waals surface area contributed by atoms with Crippen LogP contribution < -0.4 is 0 Å². The molecule has 0 aliphatic rings. The van der Waals surface area contributed by atoms with Crippen LogP contribution in [0.5, 0.6) is 0 Å². The van der Waals surface area contributed by atoms with Gasteiger partial charge in [-0.05, 0) is 73.6 Å². The molecule has 0 unspecified atom stereocenters. The van der Waals surface area contributed by atoms with E-state index in [2.05, 4.69) is 86.2 Å². The van der Waals surface area contributed by atoms with Crippen molar-refractivity contribution in [3.8, 4) is 11.3 Å². The summed E-state index contributed by atoms with van der Waals surface area (Å²) in [7, 11) is 0. The van der Waals surface area contributed by atoms with Gasteiger partial charge in [0.15, 0.2) is 0 Å². The van der Waals surface area contributed by atoms with Gasteiger partial charge in [-0.1, -0.05) is 49.0 Å². The van der Waals surface area contributed by atoms with Crippen molar-refractivity contribution in [2.24, 2.45) is 0 Å². The van der Waals surface area contributed by atoms with Gasteiger partial charge < -0.3 is 4.98 Å². The largest absolute Gasteiger partial charge is 0.360 e. The molecule has 0 amide bonds. The van der Waals surface area contributed by atoms with Crippen LogP contribution in [-0.4, -0.2) is 9.97 Å². The van der Waals surface area contributed by atoms with Gasteiger partial charge in [-0.2, -0.15) is 0 Å².